The molecule has 0 fully saturated rings. The summed E-state index contributed by atoms with van der Waals surface area (Å²) in [5.74, 6) is -2.19. The average molecular weight is 1730 g/mol. The number of fused-ring (bicyclic) bond motifs is 8. The molecule has 34 N–H and O–H groups in total. The van der Waals surface area contributed by atoms with Gasteiger partial charge in [0.05, 0.1) is 40.3 Å². The Labute approximate surface area is 639 Å². The smallest absolute Gasteiger partial charge is 0.744 e. The molecule has 0 spiro atoms. The van der Waals surface area contributed by atoms with Crippen LogP contribution in [0.3, 0.4) is 0 Å². The van der Waals surface area contributed by atoms with Crippen LogP contribution in [-0.4, -0.2) is 166 Å². The Morgan fingerprint density at radius 1 is 0.390 bits per heavy atom. The molecule has 0 aliphatic heterocycles. The largest absolute Gasteiger partial charge is 2.00 e. The maximum absolute atomic E-state index is 12.1. The van der Waals surface area contributed by atoms with E-state index in [2.05, 4.69) is 157 Å². The van der Waals surface area contributed by atoms with Crippen molar-refractivity contribution >= 4 is 69.0 Å². The minimum Gasteiger partial charge on any atom is -0.744 e. The van der Waals surface area contributed by atoms with Crippen LogP contribution in [-0.2, 0) is 79.7 Å². The van der Waals surface area contributed by atoms with Gasteiger partial charge in [0.25, 0.3) is 0 Å². The van der Waals surface area contributed by atoms with Crippen LogP contribution < -0.4 is 30.5 Å². The predicted octanol–water partition coefficient (Wildman–Crippen LogP) is -4.58. The van der Waals surface area contributed by atoms with Gasteiger partial charge in [-0.05, 0) is 167 Å². The number of hydrogen-bond acceptors (Lipinski definition) is 17. The minimum absolute atomic E-state index is 0. The molecule has 9 aromatic rings. The number of benzene rings is 8. The van der Waals surface area contributed by atoms with E-state index < -0.39 is 161 Å². The van der Waals surface area contributed by atoms with Gasteiger partial charge in [-0.2, -0.15) is 0 Å². The van der Waals surface area contributed by atoms with Gasteiger partial charge in [0, 0.05) is 25.7 Å². The molecule has 0 saturated heterocycles. The van der Waals surface area contributed by atoms with Crippen molar-refractivity contribution in [2.24, 2.45) is 7.05 Å². The van der Waals surface area contributed by atoms with Crippen molar-refractivity contribution < 1.29 is 204 Å². The number of ether oxygens (including phenoxy) is 1. The summed E-state index contributed by atoms with van der Waals surface area (Å²) in [4.78, 5) is -3.79. The quantitative estimate of drug-likeness (QED) is 0.0306. The maximum atomic E-state index is 12.1. The van der Waals surface area contributed by atoms with E-state index in [1.165, 1.54) is 66.3 Å². The summed E-state index contributed by atoms with van der Waals surface area (Å²) < 4.78 is 155. The van der Waals surface area contributed by atoms with Crippen LogP contribution in [0.15, 0.2) is 202 Å². The zero-order valence-electron chi connectivity index (χ0n) is 56.5. The third-order valence-corrected chi connectivity index (χ3v) is 22.7. The van der Waals surface area contributed by atoms with Crippen molar-refractivity contribution in [1.29, 1.82) is 0 Å². The zero-order valence-corrected chi connectivity index (χ0v) is 63.0. The Morgan fingerprint density at radius 2 is 0.629 bits per heavy atom. The van der Waals surface area contributed by atoms with Crippen molar-refractivity contribution in [2.75, 3.05) is 7.11 Å². The normalized spacial score (nSPS) is 10.7. The average Bonchev–Trinajstić information content (AvgIpc) is 0.961. The number of unbranched alkanes of at least 4 members (excludes halogenated alkanes) is 5. The molecule has 0 unspecified atom stereocenters. The Morgan fingerprint density at radius 3 is 0.848 bits per heavy atom. The SMILES string of the molecule is CCCCCCCCn1cc[n+](C)c1.COc1ccc([P+](c2ccccc2)(c2ccccc2)c2ccccc2)cc1.O.O.O.O.O.O.O.O.O.O.O.O.O.O.O.O=S(=O)([O-])c1cc2c(O)c(c1)Cc1cc(S(=O)(=O)[O-])cc(c1O)Cc1cc(S(=O)(=O)[O-])cc(c1O)Cc1cc(S(=O)(=O)[O-])cc(c1O)C2.[Gd+2]. The van der Waals surface area contributed by atoms with Crippen molar-refractivity contribution in [2.45, 2.75) is 97.3 Å². The first-order valence-corrected chi connectivity index (χ1v) is 35.5. The Bertz CT molecular complexity index is 3960. The molecule has 1 heterocycles. The van der Waals surface area contributed by atoms with Crippen molar-refractivity contribution in [3.8, 4) is 28.7 Å². The molecule has 1 aliphatic rings. The molecule has 594 valence electrons. The van der Waals surface area contributed by atoms with Gasteiger partial charge < -0.3 is 126 Å². The van der Waals surface area contributed by atoms with Gasteiger partial charge in [-0.25, -0.2) is 42.8 Å². The van der Waals surface area contributed by atoms with E-state index in [1.807, 2.05) is 0 Å². The molecular weight excluding hydrogens is 1640 g/mol. The van der Waals surface area contributed by atoms with Crippen LogP contribution in [0.5, 0.6) is 28.7 Å². The van der Waals surface area contributed by atoms with E-state index in [9.17, 15) is 72.3 Å². The van der Waals surface area contributed by atoms with E-state index in [0.29, 0.717) is 48.5 Å². The van der Waals surface area contributed by atoms with Gasteiger partial charge in [0.2, 0.25) is 6.33 Å². The van der Waals surface area contributed by atoms with Crippen LogP contribution >= 0.6 is 7.26 Å². The number of aromatic nitrogens is 2. The van der Waals surface area contributed by atoms with E-state index in [-0.39, 0.29) is 122 Å². The second-order valence-corrected chi connectivity index (χ2v) is 30.3. The number of aromatic hydroxyl groups is 4. The number of rotatable bonds is 16. The monoisotopic (exact) mass is 1730 g/mol. The Hall–Kier alpha value is -7.24. The number of nitrogens with zero attached hydrogens (tertiary/aromatic N) is 2. The third kappa shape index (κ3) is 28.8. The first kappa shape index (κ1) is 116. The van der Waals surface area contributed by atoms with Crippen molar-refractivity contribution in [3.63, 3.8) is 0 Å². The summed E-state index contributed by atoms with van der Waals surface area (Å²) in [7, 11) is -19.4. The molecule has 105 heavy (non-hydrogen) atoms. The van der Waals surface area contributed by atoms with Gasteiger partial charge >= 0.3 is 39.9 Å². The molecule has 0 atom stereocenters. The minimum atomic E-state index is -5.29. The Kier molecular flexibility index (Phi) is 54.9. The molecule has 1 aliphatic carbocycles. The number of phenolic OH excluding ortho intramolecular Hbond substituents is 4. The van der Waals surface area contributed by atoms with Crippen molar-refractivity contribution in [3.05, 3.63) is 227 Å². The molecule has 0 radical (unpaired) electrons. The van der Waals surface area contributed by atoms with Crippen LogP contribution in [0.2, 0.25) is 0 Å². The molecule has 34 nitrogen and oxygen atoms in total. The summed E-state index contributed by atoms with van der Waals surface area (Å²) in [6.07, 6.45) is 11.6. The van der Waals surface area contributed by atoms with Gasteiger partial charge in [-0.15, -0.1) is 0 Å². The van der Waals surface area contributed by atoms with Crippen molar-refractivity contribution in [1.82, 2.24) is 4.57 Å². The van der Waals surface area contributed by atoms with Gasteiger partial charge in [-0.1, -0.05) is 87.2 Å². The number of methoxy groups -OCH3 is 1. The van der Waals surface area contributed by atoms with E-state index in [0.717, 1.165) is 5.75 Å². The number of aryl methyl sites for hydroxylation is 2. The van der Waals surface area contributed by atoms with E-state index >= 15 is 0 Å². The van der Waals surface area contributed by atoms with Crippen LogP contribution in [0, 0.1) is 39.9 Å². The van der Waals surface area contributed by atoms with Gasteiger partial charge in [-0.3, -0.25) is 0 Å². The molecule has 0 saturated carbocycles. The Balaban J connectivity index is -0.000000199. The zero-order chi connectivity index (χ0) is 64.5. The van der Waals surface area contributed by atoms with E-state index in [4.69, 9.17) is 4.74 Å². The number of hydrogen-bond donors (Lipinski definition) is 4. The standard InChI is InChI=1S/C28H24O16S4.C25H22OP.C12H23N2.Gd.15H2O/c29-25-13-1-14-6-22(46(36,37)38)8-16(26(14)30)3-18-10-24(48(42,43)44)12-20(28(18)32)4-19-11-23(47(39,40)41)9-17(27(19)31)2-15(25)7-21(5-13)45(33,34)35;1-26-21-17-19-25(20-18-21)27(22-11-5-2-6-12-22,23-13-7-3-8-14-23)24-15-9-4-10-16-24;1-3-4-5-6-7-8-9-14-11-10-13(2)12-14;;;;;;;;;;;;;;;;/h5-12,29-32H,1-4H2,(H,33,34,35)(H,36,37,38)(H,39,40,41)(H,42,43,44);2-20H,1H3;10-12H,3-9H2,1-2H3;;15*1H2/q;2*+1;+2;;;;;;;;;;;;;;;/p-4. The second-order valence-electron chi connectivity index (χ2n) is 21.3. The molecular formula is C65H95GdN2O32PS4. The predicted molar refractivity (Wildman–Crippen MR) is 386 cm³/mol. The third-order valence-electron chi connectivity index (χ3n) is 15.1. The first-order chi connectivity index (χ1) is 42.1. The summed E-state index contributed by atoms with van der Waals surface area (Å²) >= 11 is 0. The van der Waals surface area contributed by atoms with Crippen LogP contribution in [0.25, 0.3) is 0 Å². The van der Waals surface area contributed by atoms with Crippen LogP contribution in [0.1, 0.15) is 90.0 Å². The number of phenols is 4. The topological polar surface area (TPSA) is 800 Å². The molecule has 0 amide bonds. The first-order valence-electron chi connectivity index (χ1n) is 28.1. The maximum Gasteiger partial charge on any atom is 2.00 e. The molecule has 8 bridgehead atoms. The summed E-state index contributed by atoms with van der Waals surface area (Å²) in [5, 5.41) is 50.0. The van der Waals surface area contributed by atoms with Gasteiger partial charge in [0.1, 0.15) is 110 Å². The summed E-state index contributed by atoms with van der Waals surface area (Å²) in [6, 6.07) is 46.7. The van der Waals surface area contributed by atoms with Gasteiger partial charge in [0.15, 0.2) is 0 Å². The van der Waals surface area contributed by atoms with E-state index in [1.54, 1.807) is 7.11 Å². The summed E-state index contributed by atoms with van der Waals surface area (Å²) in [5.41, 5.74) is -3.50. The molecule has 8 aromatic carbocycles. The van der Waals surface area contributed by atoms with Crippen LogP contribution in [0.4, 0.5) is 0 Å². The molecule has 10 rings (SSSR count). The fourth-order valence-corrected chi connectivity index (χ4v) is 17.3. The second kappa shape index (κ2) is 49.6. The molecule has 1 aromatic heterocycles. The fraction of sp³-hybridized carbons (Fsp3) is 0.215. The number of imidazole rings is 1. The molecule has 40 heteroatoms. The summed E-state index contributed by atoms with van der Waals surface area (Å²) in [6.45, 7) is 3.44. The fourth-order valence-electron chi connectivity index (χ4n) is 10.8.